The average molecular weight is 279 g/mol. The van der Waals surface area contributed by atoms with Gasteiger partial charge in [-0.3, -0.25) is 9.59 Å². The van der Waals surface area contributed by atoms with Crippen LogP contribution >= 0.6 is 0 Å². The Morgan fingerprint density at radius 1 is 0.952 bits per heavy atom. The Labute approximate surface area is 120 Å². The van der Waals surface area contributed by atoms with Crippen LogP contribution in [-0.4, -0.2) is 12.5 Å². The third kappa shape index (κ3) is 1.76. The van der Waals surface area contributed by atoms with Crippen molar-refractivity contribution in [1.82, 2.24) is 0 Å². The Bertz CT molecular complexity index is 926. The first-order valence-corrected chi connectivity index (χ1v) is 7.00. The molecule has 0 saturated carbocycles. The number of benzene rings is 2. The molecule has 1 aliphatic rings. The molecule has 3 aromatic rings. The van der Waals surface area contributed by atoms with Crippen LogP contribution in [0.3, 0.4) is 0 Å². The molecule has 1 amide bonds. The van der Waals surface area contributed by atoms with Gasteiger partial charge in [0.15, 0.2) is 0 Å². The molecular formula is C17H13NO3. The number of nitrogens with zero attached hydrogens (tertiary/aromatic N) is 1. The summed E-state index contributed by atoms with van der Waals surface area (Å²) in [6.45, 7) is 0.657. The molecule has 1 aromatic heterocycles. The Hall–Kier alpha value is -2.62. The van der Waals surface area contributed by atoms with E-state index >= 15 is 0 Å². The highest BCUT2D eigenvalue weighted by molar-refractivity contribution is 6.05. The molecule has 0 N–H and O–H groups in total. The molecule has 0 bridgehead atoms. The van der Waals surface area contributed by atoms with Gasteiger partial charge in [0.25, 0.3) is 0 Å². The Morgan fingerprint density at radius 2 is 1.76 bits per heavy atom. The lowest BCUT2D eigenvalue weighted by atomic mass is 10.1. The van der Waals surface area contributed by atoms with E-state index < -0.39 is 0 Å². The maximum Gasteiger partial charge on any atom is 0.227 e. The largest absolute Gasteiger partial charge is 0.456 e. The molecule has 0 unspecified atom stereocenters. The van der Waals surface area contributed by atoms with Crippen molar-refractivity contribution in [2.24, 2.45) is 0 Å². The molecule has 0 radical (unpaired) electrons. The van der Waals surface area contributed by atoms with Gasteiger partial charge in [-0.15, -0.1) is 0 Å². The molecular weight excluding hydrogens is 266 g/mol. The quantitative estimate of drug-likeness (QED) is 0.643. The Balaban J connectivity index is 2.11. The van der Waals surface area contributed by atoms with E-state index in [-0.39, 0.29) is 11.3 Å². The second-order valence-corrected chi connectivity index (χ2v) is 5.23. The summed E-state index contributed by atoms with van der Waals surface area (Å²) in [5.74, 6) is 0.0649. The fourth-order valence-corrected chi connectivity index (χ4v) is 2.96. The number of rotatable bonds is 1. The Morgan fingerprint density at radius 3 is 2.57 bits per heavy atom. The van der Waals surface area contributed by atoms with Gasteiger partial charge in [-0.2, -0.15) is 0 Å². The maximum absolute atomic E-state index is 12.8. The Kier molecular flexibility index (Phi) is 2.57. The first-order valence-electron chi connectivity index (χ1n) is 7.00. The van der Waals surface area contributed by atoms with Crippen molar-refractivity contribution >= 4 is 33.5 Å². The van der Waals surface area contributed by atoms with Crippen LogP contribution in [0.5, 0.6) is 0 Å². The van der Waals surface area contributed by atoms with Crippen LogP contribution in [0.15, 0.2) is 51.7 Å². The summed E-state index contributed by atoms with van der Waals surface area (Å²) >= 11 is 0. The topological polar surface area (TPSA) is 50.5 Å². The van der Waals surface area contributed by atoms with Crippen molar-refractivity contribution in [1.29, 1.82) is 0 Å². The molecule has 2 heterocycles. The van der Waals surface area contributed by atoms with Crippen LogP contribution in [0, 0.1) is 0 Å². The lowest BCUT2D eigenvalue weighted by molar-refractivity contribution is -0.117. The van der Waals surface area contributed by atoms with Gasteiger partial charge in [-0.25, -0.2) is 0 Å². The monoisotopic (exact) mass is 279 g/mol. The summed E-state index contributed by atoms with van der Waals surface area (Å²) < 4.78 is 5.82. The molecule has 4 heteroatoms. The molecule has 0 atom stereocenters. The van der Waals surface area contributed by atoms with Crippen LogP contribution in [0.2, 0.25) is 0 Å². The predicted molar refractivity (Wildman–Crippen MR) is 81.6 cm³/mol. The van der Waals surface area contributed by atoms with Crippen molar-refractivity contribution in [2.75, 3.05) is 11.4 Å². The SMILES string of the molecule is O=C1CCCN1c1cccc2oc3ccccc3c(=O)c12. The highest BCUT2D eigenvalue weighted by Crippen LogP contribution is 2.29. The van der Waals surface area contributed by atoms with Crippen molar-refractivity contribution in [3.8, 4) is 0 Å². The van der Waals surface area contributed by atoms with E-state index in [0.29, 0.717) is 40.6 Å². The number of fused-ring (bicyclic) bond motifs is 2. The third-order valence-electron chi connectivity index (χ3n) is 3.95. The molecule has 4 rings (SSSR count). The summed E-state index contributed by atoms with van der Waals surface area (Å²) in [6.07, 6.45) is 1.36. The summed E-state index contributed by atoms with van der Waals surface area (Å²) in [6, 6.07) is 12.6. The van der Waals surface area contributed by atoms with E-state index in [2.05, 4.69) is 0 Å². The molecule has 104 valence electrons. The fraction of sp³-hybridized carbons (Fsp3) is 0.176. The summed E-state index contributed by atoms with van der Waals surface area (Å²) in [5, 5.41) is 1.04. The first kappa shape index (κ1) is 12.1. The molecule has 0 spiro atoms. The predicted octanol–water partition coefficient (Wildman–Crippen LogP) is 3.07. The fourth-order valence-electron chi connectivity index (χ4n) is 2.96. The summed E-state index contributed by atoms with van der Waals surface area (Å²) in [4.78, 5) is 26.4. The molecule has 2 aromatic carbocycles. The summed E-state index contributed by atoms with van der Waals surface area (Å²) in [7, 11) is 0. The molecule has 1 aliphatic heterocycles. The van der Waals surface area contributed by atoms with Crippen molar-refractivity contribution in [2.45, 2.75) is 12.8 Å². The molecule has 4 nitrogen and oxygen atoms in total. The second kappa shape index (κ2) is 4.45. The van der Waals surface area contributed by atoms with Crippen molar-refractivity contribution in [3.63, 3.8) is 0 Å². The minimum atomic E-state index is -0.0813. The first-order chi connectivity index (χ1) is 10.3. The molecule has 1 saturated heterocycles. The highest BCUT2D eigenvalue weighted by Gasteiger charge is 2.24. The van der Waals surface area contributed by atoms with Gasteiger partial charge in [-0.05, 0) is 30.7 Å². The average Bonchev–Trinajstić information content (AvgIpc) is 2.93. The van der Waals surface area contributed by atoms with Crippen molar-refractivity contribution < 1.29 is 9.21 Å². The van der Waals surface area contributed by atoms with Crippen LogP contribution in [0.25, 0.3) is 21.9 Å². The normalized spacial score (nSPS) is 15.2. The number of hydrogen-bond donors (Lipinski definition) is 0. The van der Waals surface area contributed by atoms with Crippen LogP contribution in [0.1, 0.15) is 12.8 Å². The van der Waals surface area contributed by atoms with E-state index in [4.69, 9.17) is 4.42 Å². The number of para-hydroxylation sites is 1. The van der Waals surface area contributed by atoms with Gasteiger partial charge >= 0.3 is 0 Å². The van der Waals surface area contributed by atoms with Gasteiger partial charge in [0, 0.05) is 13.0 Å². The zero-order valence-electron chi connectivity index (χ0n) is 11.3. The minimum Gasteiger partial charge on any atom is -0.456 e. The van der Waals surface area contributed by atoms with Crippen LogP contribution in [-0.2, 0) is 4.79 Å². The number of anilines is 1. The minimum absolute atomic E-state index is 0.0649. The lowest BCUT2D eigenvalue weighted by Crippen LogP contribution is -2.25. The van der Waals surface area contributed by atoms with E-state index in [1.807, 2.05) is 24.3 Å². The van der Waals surface area contributed by atoms with Gasteiger partial charge in [0.1, 0.15) is 11.2 Å². The van der Waals surface area contributed by atoms with Gasteiger partial charge in [0.05, 0.1) is 16.5 Å². The van der Waals surface area contributed by atoms with Gasteiger partial charge in [-0.1, -0.05) is 18.2 Å². The van der Waals surface area contributed by atoms with E-state index in [1.54, 1.807) is 23.1 Å². The lowest BCUT2D eigenvalue weighted by Gasteiger charge is -2.17. The van der Waals surface area contributed by atoms with E-state index in [1.165, 1.54) is 0 Å². The van der Waals surface area contributed by atoms with Gasteiger partial charge < -0.3 is 9.32 Å². The zero-order valence-corrected chi connectivity index (χ0v) is 11.3. The standard InChI is InChI=1S/C17H13NO3/c19-15-9-4-10-18(15)12-6-3-8-14-16(12)17(20)11-5-1-2-7-13(11)21-14/h1-3,5-8H,4,9-10H2. The number of hydrogen-bond acceptors (Lipinski definition) is 3. The van der Waals surface area contributed by atoms with E-state index in [9.17, 15) is 9.59 Å². The third-order valence-corrected chi connectivity index (χ3v) is 3.95. The smallest absolute Gasteiger partial charge is 0.227 e. The second-order valence-electron chi connectivity index (χ2n) is 5.23. The molecule has 1 fully saturated rings. The van der Waals surface area contributed by atoms with Gasteiger partial charge in [0.2, 0.25) is 11.3 Å². The molecule has 0 aliphatic carbocycles. The van der Waals surface area contributed by atoms with Crippen molar-refractivity contribution in [3.05, 3.63) is 52.7 Å². The summed E-state index contributed by atoms with van der Waals surface area (Å²) in [5.41, 5.74) is 1.67. The number of carbonyl (C=O) groups excluding carboxylic acids is 1. The highest BCUT2D eigenvalue weighted by atomic mass is 16.3. The maximum atomic E-state index is 12.8. The van der Waals surface area contributed by atoms with Crippen LogP contribution < -0.4 is 10.3 Å². The van der Waals surface area contributed by atoms with Crippen LogP contribution in [0.4, 0.5) is 5.69 Å². The number of amides is 1. The van der Waals surface area contributed by atoms with E-state index in [0.717, 1.165) is 6.42 Å². The zero-order chi connectivity index (χ0) is 14.4. The molecule has 21 heavy (non-hydrogen) atoms. The number of carbonyl (C=O) groups is 1.